The molecule has 0 fully saturated rings. The highest BCUT2D eigenvalue weighted by Crippen LogP contribution is 2.38. The van der Waals surface area contributed by atoms with Crippen molar-refractivity contribution >= 4 is 0 Å². The summed E-state index contributed by atoms with van der Waals surface area (Å²) < 4.78 is 0. The average Bonchev–Trinajstić information content (AvgIpc) is 2.14. The molecule has 86 valence electrons. The summed E-state index contributed by atoms with van der Waals surface area (Å²) in [7, 11) is 0. The molecule has 0 aromatic rings. The average molecular weight is 200 g/mol. The van der Waals surface area contributed by atoms with Crippen LogP contribution in [0.1, 0.15) is 66.7 Å². The van der Waals surface area contributed by atoms with E-state index in [9.17, 15) is 5.11 Å². The summed E-state index contributed by atoms with van der Waals surface area (Å²) in [6, 6.07) is 0. The van der Waals surface area contributed by atoms with Crippen molar-refractivity contribution in [2.75, 3.05) is 0 Å². The van der Waals surface area contributed by atoms with Crippen LogP contribution in [0, 0.1) is 11.3 Å². The highest BCUT2D eigenvalue weighted by molar-refractivity contribution is 4.78. The molecule has 1 nitrogen and oxygen atoms in total. The summed E-state index contributed by atoms with van der Waals surface area (Å²) in [5.41, 5.74) is 0.476. The largest absolute Gasteiger partial charge is 0.393 e. The number of aliphatic hydroxyl groups is 1. The van der Waals surface area contributed by atoms with Gasteiger partial charge in [-0.2, -0.15) is 0 Å². The highest BCUT2D eigenvalue weighted by atomic mass is 16.3. The van der Waals surface area contributed by atoms with E-state index in [0.29, 0.717) is 5.41 Å². The molecular weight excluding hydrogens is 172 g/mol. The fourth-order valence-electron chi connectivity index (χ4n) is 2.18. The van der Waals surface area contributed by atoms with E-state index < -0.39 is 0 Å². The Labute approximate surface area is 89.9 Å². The minimum absolute atomic E-state index is 0.139. The van der Waals surface area contributed by atoms with Crippen molar-refractivity contribution in [3.05, 3.63) is 0 Å². The van der Waals surface area contributed by atoms with Crippen molar-refractivity contribution in [3.8, 4) is 0 Å². The molecular formula is C13H28O. The maximum absolute atomic E-state index is 9.27. The van der Waals surface area contributed by atoms with E-state index in [2.05, 4.69) is 27.7 Å². The van der Waals surface area contributed by atoms with E-state index in [-0.39, 0.29) is 6.10 Å². The van der Waals surface area contributed by atoms with Crippen molar-refractivity contribution in [2.45, 2.75) is 72.8 Å². The van der Waals surface area contributed by atoms with Crippen LogP contribution in [0.4, 0.5) is 0 Å². The third-order valence-electron chi connectivity index (χ3n) is 3.84. The van der Waals surface area contributed by atoms with Gasteiger partial charge in [0.1, 0.15) is 0 Å². The maximum Gasteiger partial charge on any atom is 0.0512 e. The van der Waals surface area contributed by atoms with Gasteiger partial charge in [-0.05, 0) is 37.5 Å². The minimum Gasteiger partial charge on any atom is -0.393 e. The van der Waals surface area contributed by atoms with E-state index >= 15 is 0 Å². The minimum atomic E-state index is -0.139. The van der Waals surface area contributed by atoms with Crippen molar-refractivity contribution < 1.29 is 5.11 Å². The van der Waals surface area contributed by atoms with Crippen molar-refractivity contribution in [2.24, 2.45) is 11.3 Å². The molecule has 0 spiro atoms. The van der Waals surface area contributed by atoms with Crippen molar-refractivity contribution in [1.82, 2.24) is 0 Å². The molecule has 0 rings (SSSR count). The first kappa shape index (κ1) is 14.0. The second-order valence-corrected chi connectivity index (χ2v) is 5.09. The second kappa shape index (κ2) is 6.44. The first-order valence-corrected chi connectivity index (χ1v) is 6.14. The molecule has 0 saturated carbocycles. The summed E-state index contributed by atoms with van der Waals surface area (Å²) >= 11 is 0. The van der Waals surface area contributed by atoms with Gasteiger partial charge in [0, 0.05) is 0 Å². The fraction of sp³-hybridized carbons (Fsp3) is 1.00. The lowest BCUT2D eigenvalue weighted by atomic mass is 9.71. The van der Waals surface area contributed by atoms with Crippen LogP contribution in [0.15, 0.2) is 0 Å². The zero-order valence-electron chi connectivity index (χ0n) is 10.6. The molecule has 0 amide bonds. The molecule has 0 saturated heterocycles. The Bertz CT molecular complexity index is 142. The number of rotatable bonds is 7. The summed E-state index contributed by atoms with van der Waals surface area (Å²) in [5, 5.41) is 9.27. The lowest BCUT2D eigenvalue weighted by molar-refractivity contribution is 0.126. The number of hydrogen-bond acceptors (Lipinski definition) is 1. The molecule has 3 atom stereocenters. The van der Waals surface area contributed by atoms with E-state index in [0.717, 1.165) is 18.8 Å². The first-order chi connectivity index (χ1) is 6.46. The summed E-state index contributed by atoms with van der Waals surface area (Å²) in [6.07, 6.45) is 5.79. The Morgan fingerprint density at radius 2 is 1.71 bits per heavy atom. The first-order valence-electron chi connectivity index (χ1n) is 6.14. The molecule has 1 N–H and O–H groups in total. The highest BCUT2D eigenvalue weighted by Gasteiger charge is 2.27. The van der Waals surface area contributed by atoms with Gasteiger partial charge in [-0.15, -0.1) is 0 Å². The Morgan fingerprint density at radius 3 is 2.07 bits per heavy atom. The molecule has 14 heavy (non-hydrogen) atoms. The third-order valence-corrected chi connectivity index (χ3v) is 3.84. The molecule has 0 aromatic heterocycles. The van der Waals surface area contributed by atoms with Gasteiger partial charge in [0.25, 0.3) is 0 Å². The second-order valence-electron chi connectivity index (χ2n) is 5.09. The molecule has 0 aliphatic heterocycles. The van der Waals surface area contributed by atoms with E-state index in [1.807, 2.05) is 6.92 Å². The van der Waals surface area contributed by atoms with Crippen molar-refractivity contribution in [3.63, 3.8) is 0 Å². The Balaban J connectivity index is 4.08. The van der Waals surface area contributed by atoms with Gasteiger partial charge >= 0.3 is 0 Å². The molecule has 1 heteroatoms. The predicted molar refractivity (Wildman–Crippen MR) is 63.4 cm³/mol. The summed E-state index contributed by atoms with van der Waals surface area (Å²) in [5.74, 6) is 0.724. The third kappa shape index (κ3) is 4.45. The van der Waals surface area contributed by atoms with Crippen LogP contribution < -0.4 is 0 Å². The van der Waals surface area contributed by atoms with E-state index in [1.54, 1.807) is 0 Å². The van der Waals surface area contributed by atoms with Crippen LogP contribution in [0.3, 0.4) is 0 Å². The fourth-order valence-corrected chi connectivity index (χ4v) is 2.18. The molecule has 0 aromatic carbocycles. The van der Waals surface area contributed by atoms with Gasteiger partial charge in [0.05, 0.1) is 6.10 Å². The lowest BCUT2D eigenvalue weighted by Gasteiger charge is -2.35. The lowest BCUT2D eigenvalue weighted by Crippen LogP contribution is -2.25. The molecule has 3 unspecified atom stereocenters. The van der Waals surface area contributed by atoms with Crippen molar-refractivity contribution in [1.29, 1.82) is 0 Å². The van der Waals surface area contributed by atoms with Crippen LogP contribution in [0.5, 0.6) is 0 Å². The smallest absolute Gasteiger partial charge is 0.0512 e. The van der Waals surface area contributed by atoms with Crippen LogP contribution in [-0.2, 0) is 0 Å². The standard InChI is InChI=1S/C13H28O/c1-6-10-13(5,7-2)11(3)8-9-12(4)14/h11-12,14H,6-10H2,1-5H3. The SMILES string of the molecule is CCCC(C)(CC)C(C)CCC(C)O. The number of hydrogen-bond donors (Lipinski definition) is 1. The van der Waals surface area contributed by atoms with Crippen LogP contribution in [-0.4, -0.2) is 11.2 Å². The summed E-state index contributed by atoms with van der Waals surface area (Å²) in [4.78, 5) is 0. The number of aliphatic hydroxyl groups excluding tert-OH is 1. The van der Waals surface area contributed by atoms with Gasteiger partial charge in [0.15, 0.2) is 0 Å². The normalized spacial score (nSPS) is 20.1. The topological polar surface area (TPSA) is 20.2 Å². The predicted octanol–water partition coefficient (Wildman–Crippen LogP) is 4.00. The van der Waals surface area contributed by atoms with Gasteiger partial charge in [-0.1, -0.05) is 40.5 Å². The quantitative estimate of drug-likeness (QED) is 0.658. The Hall–Kier alpha value is -0.0400. The van der Waals surface area contributed by atoms with E-state index in [4.69, 9.17) is 0 Å². The summed E-state index contributed by atoms with van der Waals surface area (Å²) in [6.45, 7) is 11.2. The van der Waals surface area contributed by atoms with Crippen LogP contribution in [0.2, 0.25) is 0 Å². The Morgan fingerprint density at radius 1 is 1.14 bits per heavy atom. The monoisotopic (exact) mass is 200 g/mol. The molecule has 0 radical (unpaired) electrons. The van der Waals surface area contributed by atoms with Gasteiger partial charge in [-0.25, -0.2) is 0 Å². The van der Waals surface area contributed by atoms with E-state index in [1.165, 1.54) is 19.3 Å². The Kier molecular flexibility index (Phi) is 6.43. The van der Waals surface area contributed by atoms with Crippen LogP contribution in [0.25, 0.3) is 0 Å². The van der Waals surface area contributed by atoms with Gasteiger partial charge < -0.3 is 5.11 Å². The molecule has 0 aliphatic carbocycles. The zero-order valence-corrected chi connectivity index (χ0v) is 10.6. The molecule has 0 heterocycles. The van der Waals surface area contributed by atoms with Crippen LogP contribution >= 0.6 is 0 Å². The van der Waals surface area contributed by atoms with Gasteiger partial charge in [-0.3, -0.25) is 0 Å². The maximum atomic E-state index is 9.27. The molecule has 0 bridgehead atoms. The van der Waals surface area contributed by atoms with Gasteiger partial charge in [0.2, 0.25) is 0 Å². The molecule has 0 aliphatic rings. The zero-order chi connectivity index (χ0) is 11.2.